The maximum absolute atomic E-state index is 11.8. The van der Waals surface area contributed by atoms with Crippen molar-refractivity contribution in [2.24, 2.45) is 5.92 Å². The molecule has 3 aliphatic rings. The van der Waals surface area contributed by atoms with Crippen molar-refractivity contribution in [1.29, 1.82) is 0 Å². The smallest absolute Gasteiger partial charge is 0.228 e. The predicted molar refractivity (Wildman–Crippen MR) is 111 cm³/mol. The second kappa shape index (κ2) is 9.48. The fraction of sp³-hybridized carbons (Fsp3) is 0.850. The number of likely N-dealkylation sites (tertiary alicyclic amines) is 1. The van der Waals surface area contributed by atoms with Crippen molar-refractivity contribution in [2.75, 3.05) is 43.4 Å². The molecule has 1 atom stereocenters. The molecular weight excluding hydrogens is 374 g/mol. The zero-order valence-electron chi connectivity index (χ0n) is 17.0. The third kappa shape index (κ3) is 4.82. The van der Waals surface area contributed by atoms with Crippen LogP contribution in [0, 0.1) is 5.92 Å². The molecule has 1 aromatic heterocycles. The molecule has 1 amide bonds. The van der Waals surface area contributed by atoms with Crippen molar-refractivity contribution in [3.05, 3.63) is 0 Å². The van der Waals surface area contributed by atoms with E-state index >= 15 is 0 Å². The summed E-state index contributed by atoms with van der Waals surface area (Å²) in [6.45, 7) is 7.97. The first-order valence-corrected chi connectivity index (χ1v) is 11.9. The summed E-state index contributed by atoms with van der Waals surface area (Å²) in [6, 6.07) is 0. The number of hydrogen-bond acceptors (Lipinski definition) is 6. The summed E-state index contributed by atoms with van der Waals surface area (Å²) >= 11 is 1.77. The summed E-state index contributed by atoms with van der Waals surface area (Å²) in [5.41, 5.74) is 0. The molecule has 4 rings (SSSR count). The number of carbonyl (C=O) groups is 1. The van der Waals surface area contributed by atoms with Gasteiger partial charge in [-0.1, -0.05) is 18.7 Å². The third-order valence-electron chi connectivity index (χ3n) is 6.15. The lowest BCUT2D eigenvalue weighted by molar-refractivity contribution is -0.127. The van der Waals surface area contributed by atoms with Crippen LogP contribution in [0.1, 0.15) is 51.9 Å². The highest BCUT2D eigenvalue weighted by molar-refractivity contribution is 7.99. The van der Waals surface area contributed by atoms with Gasteiger partial charge < -0.3 is 14.5 Å². The van der Waals surface area contributed by atoms with Crippen LogP contribution in [0.5, 0.6) is 0 Å². The topological polar surface area (TPSA) is 63.5 Å². The van der Waals surface area contributed by atoms with E-state index in [1.165, 1.54) is 12.8 Å². The highest BCUT2D eigenvalue weighted by Crippen LogP contribution is 2.28. The molecule has 1 aromatic rings. The minimum absolute atomic E-state index is 0.278. The lowest BCUT2D eigenvalue weighted by atomic mass is 10.00. The Morgan fingerprint density at radius 2 is 2.00 bits per heavy atom. The van der Waals surface area contributed by atoms with E-state index in [0.717, 1.165) is 94.2 Å². The van der Waals surface area contributed by atoms with Crippen LogP contribution >= 0.6 is 11.8 Å². The molecule has 0 bridgehead atoms. The number of carbonyl (C=O) groups excluding carboxylic acids is 1. The van der Waals surface area contributed by atoms with E-state index in [1.54, 1.807) is 11.8 Å². The van der Waals surface area contributed by atoms with Crippen molar-refractivity contribution >= 4 is 23.6 Å². The molecule has 8 heteroatoms. The average molecular weight is 408 g/mol. The number of anilines is 1. The minimum atomic E-state index is 0.278. The van der Waals surface area contributed by atoms with Crippen LogP contribution < -0.4 is 4.90 Å². The van der Waals surface area contributed by atoms with Gasteiger partial charge in [0, 0.05) is 45.0 Å². The van der Waals surface area contributed by atoms with Crippen LogP contribution in [0.2, 0.25) is 0 Å². The molecule has 0 radical (unpaired) electrons. The molecule has 0 aliphatic carbocycles. The van der Waals surface area contributed by atoms with Crippen LogP contribution in [-0.2, 0) is 16.1 Å². The number of nitrogens with zero attached hydrogens (tertiary/aromatic N) is 5. The monoisotopic (exact) mass is 407 g/mol. The number of hydrogen-bond donors (Lipinski definition) is 0. The minimum Gasteiger partial charge on any atom is -0.376 e. The van der Waals surface area contributed by atoms with E-state index in [0.29, 0.717) is 5.91 Å². The fourth-order valence-electron chi connectivity index (χ4n) is 4.34. The highest BCUT2D eigenvalue weighted by atomic mass is 32.2. The first kappa shape index (κ1) is 20.0. The molecule has 0 aromatic carbocycles. The van der Waals surface area contributed by atoms with Crippen LogP contribution in [-0.4, -0.2) is 70.2 Å². The maximum atomic E-state index is 11.8. The van der Waals surface area contributed by atoms with Crippen molar-refractivity contribution in [2.45, 2.75) is 69.7 Å². The fourth-order valence-corrected chi connectivity index (χ4v) is 5.21. The highest BCUT2D eigenvalue weighted by Gasteiger charge is 2.26. The molecule has 3 aliphatic heterocycles. The average Bonchev–Trinajstić information content (AvgIpc) is 3.43. The largest absolute Gasteiger partial charge is 0.376 e. The van der Waals surface area contributed by atoms with Gasteiger partial charge >= 0.3 is 0 Å². The summed E-state index contributed by atoms with van der Waals surface area (Å²) in [6.07, 6.45) is 7.73. The number of amides is 1. The molecule has 3 fully saturated rings. The number of rotatable bonds is 8. The van der Waals surface area contributed by atoms with Crippen LogP contribution in [0.3, 0.4) is 0 Å². The zero-order valence-corrected chi connectivity index (χ0v) is 17.8. The first-order chi connectivity index (χ1) is 13.7. The first-order valence-electron chi connectivity index (χ1n) is 10.9. The van der Waals surface area contributed by atoms with Crippen molar-refractivity contribution in [3.8, 4) is 0 Å². The Hall–Kier alpha value is -1.28. The summed E-state index contributed by atoms with van der Waals surface area (Å²) in [4.78, 5) is 16.2. The van der Waals surface area contributed by atoms with Gasteiger partial charge in [0.1, 0.15) is 0 Å². The summed E-state index contributed by atoms with van der Waals surface area (Å²) in [7, 11) is 0. The Morgan fingerprint density at radius 3 is 2.71 bits per heavy atom. The van der Waals surface area contributed by atoms with Gasteiger partial charge in [0.05, 0.1) is 12.6 Å². The Labute approximate surface area is 172 Å². The van der Waals surface area contributed by atoms with E-state index in [-0.39, 0.29) is 6.10 Å². The number of aromatic nitrogens is 3. The number of piperidine rings is 1. The van der Waals surface area contributed by atoms with Crippen molar-refractivity contribution in [3.63, 3.8) is 0 Å². The lowest BCUT2D eigenvalue weighted by Gasteiger charge is -2.31. The van der Waals surface area contributed by atoms with Gasteiger partial charge in [-0.25, -0.2) is 0 Å². The van der Waals surface area contributed by atoms with E-state index in [2.05, 4.69) is 26.6 Å². The van der Waals surface area contributed by atoms with Gasteiger partial charge in [-0.05, 0) is 44.4 Å². The molecule has 0 saturated carbocycles. The third-order valence-corrected chi connectivity index (χ3v) is 7.20. The van der Waals surface area contributed by atoms with Crippen LogP contribution in [0.25, 0.3) is 0 Å². The quantitative estimate of drug-likeness (QED) is 0.488. The van der Waals surface area contributed by atoms with E-state index in [4.69, 9.17) is 4.74 Å². The summed E-state index contributed by atoms with van der Waals surface area (Å²) in [5.74, 6) is 3.09. The van der Waals surface area contributed by atoms with Crippen LogP contribution in [0.15, 0.2) is 5.16 Å². The Kier molecular flexibility index (Phi) is 6.77. The molecule has 156 valence electrons. The van der Waals surface area contributed by atoms with Gasteiger partial charge in [-0.3, -0.25) is 9.36 Å². The Morgan fingerprint density at radius 1 is 1.14 bits per heavy atom. The second-order valence-electron chi connectivity index (χ2n) is 8.38. The van der Waals surface area contributed by atoms with Crippen molar-refractivity contribution in [1.82, 2.24) is 19.7 Å². The molecule has 3 saturated heterocycles. The molecule has 7 nitrogen and oxygen atoms in total. The molecule has 0 N–H and O–H groups in total. The van der Waals surface area contributed by atoms with Gasteiger partial charge in [0.15, 0.2) is 5.16 Å². The molecular formula is C20H33N5O2S. The van der Waals surface area contributed by atoms with Crippen LogP contribution in [0.4, 0.5) is 5.95 Å². The van der Waals surface area contributed by atoms with E-state index in [9.17, 15) is 4.79 Å². The molecule has 28 heavy (non-hydrogen) atoms. The standard InChI is InChI=1S/C20H33N5O2S/c1-16-7-11-24(12-8-16)19-21-22-20(25(19)15-17-5-3-13-27-17)28-14-4-10-23-9-2-6-18(23)26/h16-17H,2-15H2,1H3. The summed E-state index contributed by atoms with van der Waals surface area (Å²) < 4.78 is 8.19. The molecule has 1 unspecified atom stereocenters. The molecule has 0 spiro atoms. The predicted octanol–water partition coefficient (Wildman–Crippen LogP) is 2.80. The summed E-state index contributed by atoms with van der Waals surface area (Å²) in [5, 5.41) is 10.1. The van der Waals surface area contributed by atoms with E-state index in [1.807, 2.05) is 4.90 Å². The van der Waals surface area contributed by atoms with Crippen molar-refractivity contribution < 1.29 is 9.53 Å². The van der Waals surface area contributed by atoms with Gasteiger partial charge in [-0.2, -0.15) is 0 Å². The number of thioether (sulfide) groups is 1. The SMILES string of the molecule is CC1CCN(c2nnc(SCCCN3CCCC3=O)n2CC2CCCO2)CC1. The lowest BCUT2D eigenvalue weighted by Crippen LogP contribution is -2.35. The second-order valence-corrected chi connectivity index (χ2v) is 9.45. The van der Waals surface area contributed by atoms with E-state index < -0.39 is 0 Å². The normalized spacial score (nSPS) is 23.9. The zero-order chi connectivity index (χ0) is 19.3. The number of ether oxygens (including phenoxy) is 1. The van der Waals surface area contributed by atoms with Gasteiger partial charge in [0.25, 0.3) is 0 Å². The van der Waals surface area contributed by atoms with Gasteiger partial charge in [-0.15, -0.1) is 10.2 Å². The maximum Gasteiger partial charge on any atom is 0.228 e. The van der Waals surface area contributed by atoms with Gasteiger partial charge in [0.2, 0.25) is 11.9 Å². The Bertz CT molecular complexity index is 653. The Balaban J connectivity index is 1.38. The molecule has 4 heterocycles.